The highest BCUT2D eigenvalue weighted by Crippen LogP contribution is 2.29. The van der Waals surface area contributed by atoms with Crippen LogP contribution in [0.25, 0.3) is 22.3 Å². The Hall–Kier alpha value is -3.20. The van der Waals surface area contributed by atoms with Crippen LogP contribution >= 0.6 is 0 Å². The lowest BCUT2D eigenvalue weighted by Gasteiger charge is -2.19. The molecule has 1 heterocycles. The molecule has 28 heavy (non-hydrogen) atoms. The maximum Gasteiger partial charge on any atom is 0.162 e. The van der Waals surface area contributed by atoms with Gasteiger partial charge in [-0.3, -0.25) is 0 Å². The molecule has 0 spiro atoms. The molecule has 0 aliphatic carbocycles. The van der Waals surface area contributed by atoms with E-state index < -0.39 is 0 Å². The number of rotatable bonds is 3. The van der Waals surface area contributed by atoms with Gasteiger partial charge in [-0.1, -0.05) is 74.9 Å². The van der Waals surface area contributed by atoms with Gasteiger partial charge in [-0.15, -0.1) is 0 Å². The fraction of sp³-hybridized carbons (Fsp3) is 0.200. The highest BCUT2D eigenvalue weighted by molar-refractivity contribution is 5.92. The van der Waals surface area contributed by atoms with Crippen LogP contribution in [0.15, 0.2) is 72.8 Å². The van der Waals surface area contributed by atoms with Crippen LogP contribution in [0.5, 0.6) is 0 Å². The van der Waals surface area contributed by atoms with Crippen molar-refractivity contribution < 1.29 is 0 Å². The van der Waals surface area contributed by atoms with Gasteiger partial charge in [-0.05, 0) is 42.2 Å². The third kappa shape index (κ3) is 3.74. The molecule has 0 aliphatic heterocycles. The number of para-hydroxylation sites is 1. The van der Waals surface area contributed by atoms with E-state index in [4.69, 9.17) is 9.97 Å². The average molecular weight is 367 g/mol. The number of fused-ring (bicyclic) bond motifs is 1. The summed E-state index contributed by atoms with van der Waals surface area (Å²) in [6.07, 6.45) is 0. The number of benzene rings is 3. The predicted octanol–water partition coefficient (Wildman–Crippen LogP) is 6.65. The normalized spacial score (nSPS) is 11.6. The summed E-state index contributed by atoms with van der Waals surface area (Å²) in [5.41, 5.74) is 5.63. The first kappa shape index (κ1) is 18.2. The van der Waals surface area contributed by atoms with Gasteiger partial charge >= 0.3 is 0 Å². The number of hydrogen-bond donors (Lipinski definition) is 1. The van der Waals surface area contributed by atoms with E-state index in [-0.39, 0.29) is 5.41 Å². The molecular weight excluding hydrogens is 342 g/mol. The number of anilines is 2. The minimum absolute atomic E-state index is 0.126. The lowest BCUT2D eigenvalue weighted by Crippen LogP contribution is -2.10. The van der Waals surface area contributed by atoms with Crippen LogP contribution in [-0.4, -0.2) is 9.97 Å². The van der Waals surface area contributed by atoms with Gasteiger partial charge in [0, 0.05) is 16.6 Å². The molecule has 4 rings (SSSR count). The molecule has 3 aromatic carbocycles. The monoisotopic (exact) mass is 367 g/mol. The summed E-state index contributed by atoms with van der Waals surface area (Å²) in [6, 6.07) is 25.0. The van der Waals surface area contributed by atoms with Crippen molar-refractivity contribution in [3.63, 3.8) is 0 Å². The summed E-state index contributed by atoms with van der Waals surface area (Å²) in [7, 11) is 0. The second-order valence-electron chi connectivity index (χ2n) is 8.23. The van der Waals surface area contributed by atoms with Gasteiger partial charge < -0.3 is 5.32 Å². The average Bonchev–Trinajstić information content (AvgIpc) is 2.69. The molecule has 0 bridgehead atoms. The van der Waals surface area contributed by atoms with Crippen molar-refractivity contribution in [2.24, 2.45) is 0 Å². The predicted molar refractivity (Wildman–Crippen MR) is 118 cm³/mol. The van der Waals surface area contributed by atoms with E-state index in [0.29, 0.717) is 0 Å². The van der Waals surface area contributed by atoms with Crippen LogP contribution in [0.1, 0.15) is 31.9 Å². The zero-order valence-electron chi connectivity index (χ0n) is 16.8. The molecule has 4 aromatic rings. The molecule has 0 fully saturated rings. The van der Waals surface area contributed by atoms with E-state index in [0.717, 1.165) is 33.8 Å². The Bertz CT molecular complexity index is 1110. The van der Waals surface area contributed by atoms with Gasteiger partial charge in [0.05, 0.1) is 5.52 Å². The number of nitrogens with zero attached hydrogens (tertiary/aromatic N) is 2. The van der Waals surface area contributed by atoms with Crippen LogP contribution in [0, 0.1) is 6.92 Å². The van der Waals surface area contributed by atoms with Gasteiger partial charge in [0.2, 0.25) is 0 Å². The third-order valence-electron chi connectivity index (χ3n) is 4.93. The number of aromatic nitrogens is 2. The third-order valence-corrected chi connectivity index (χ3v) is 4.93. The Morgan fingerprint density at radius 1 is 0.750 bits per heavy atom. The smallest absolute Gasteiger partial charge is 0.162 e. The molecule has 1 aromatic heterocycles. The number of aryl methyl sites for hydroxylation is 1. The van der Waals surface area contributed by atoms with Crippen molar-refractivity contribution in [2.75, 3.05) is 5.32 Å². The minimum Gasteiger partial charge on any atom is -0.340 e. The van der Waals surface area contributed by atoms with Crippen molar-refractivity contribution in [3.8, 4) is 11.4 Å². The first-order valence-electron chi connectivity index (χ1n) is 9.61. The second kappa shape index (κ2) is 7.08. The van der Waals surface area contributed by atoms with Crippen molar-refractivity contribution in [1.29, 1.82) is 0 Å². The van der Waals surface area contributed by atoms with Gasteiger partial charge in [0.25, 0.3) is 0 Å². The molecule has 3 nitrogen and oxygen atoms in total. The zero-order chi connectivity index (χ0) is 19.7. The summed E-state index contributed by atoms with van der Waals surface area (Å²) in [5, 5.41) is 4.48. The van der Waals surface area contributed by atoms with Crippen molar-refractivity contribution in [2.45, 2.75) is 33.1 Å². The Morgan fingerprint density at radius 3 is 2.11 bits per heavy atom. The Labute approximate surface area is 166 Å². The maximum atomic E-state index is 4.86. The summed E-state index contributed by atoms with van der Waals surface area (Å²) < 4.78 is 0. The molecule has 0 atom stereocenters. The van der Waals surface area contributed by atoms with Gasteiger partial charge in [-0.25, -0.2) is 9.97 Å². The topological polar surface area (TPSA) is 37.8 Å². The highest BCUT2D eigenvalue weighted by atomic mass is 15.0. The summed E-state index contributed by atoms with van der Waals surface area (Å²) in [4.78, 5) is 9.66. The standard InChI is InChI=1S/C25H25N3/c1-17-9-15-20(16-10-17)26-24-21-7-5-6-8-22(21)27-23(28-24)18-11-13-19(14-12-18)25(2,3)4/h5-16H,1-4H3,(H,26,27,28). The first-order chi connectivity index (χ1) is 13.4. The Morgan fingerprint density at radius 2 is 1.43 bits per heavy atom. The first-order valence-corrected chi connectivity index (χ1v) is 9.61. The van der Waals surface area contributed by atoms with Crippen LogP contribution in [-0.2, 0) is 5.41 Å². The fourth-order valence-electron chi connectivity index (χ4n) is 3.19. The largest absolute Gasteiger partial charge is 0.340 e. The molecule has 0 radical (unpaired) electrons. The van der Waals surface area contributed by atoms with Gasteiger partial charge in [-0.2, -0.15) is 0 Å². The highest BCUT2D eigenvalue weighted by Gasteiger charge is 2.14. The Kier molecular flexibility index (Phi) is 4.60. The van der Waals surface area contributed by atoms with E-state index in [2.05, 4.69) is 87.6 Å². The molecule has 1 N–H and O–H groups in total. The quantitative estimate of drug-likeness (QED) is 0.441. The molecular formula is C25H25N3. The van der Waals surface area contributed by atoms with Crippen molar-refractivity contribution in [1.82, 2.24) is 9.97 Å². The molecule has 3 heteroatoms. The summed E-state index contributed by atoms with van der Waals surface area (Å²) in [5.74, 6) is 1.55. The van der Waals surface area contributed by atoms with E-state index in [1.54, 1.807) is 0 Å². The molecule has 0 amide bonds. The molecule has 0 unspecified atom stereocenters. The van der Waals surface area contributed by atoms with Crippen LogP contribution in [0.2, 0.25) is 0 Å². The van der Waals surface area contributed by atoms with Crippen molar-refractivity contribution in [3.05, 3.63) is 83.9 Å². The molecule has 140 valence electrons. The van der Waals surface area contributed by atoms with Crippen LogP contribution < -0.4 is 5.32 Å². The van der Waals surface area contributed by atoms with E-state index in [1.807, 2.05) is 18.2 Å². The van der Waals surface area contributed by atoms with Crippen LogP contribution in [0.3, 0.4) is 0 Å². The maximum absolute atomic E-state index is 4.86. The zero-order valence-corrected chi connectivity index (χ0v) is 16.8. The Balaban J connectivity index is 1.78. The minimum atomic E-state index is 0.126. The van der Waals surface area contributed by atoms with Crippen molar-refractivity contribution >= 4 is 22.4 Å². The van der Waals surface area contributed by atoms with Crippen LogP contribution in [0.4, 0.5) is 11.5 Å². The summed E-state index contributed by atoms with van der Waals surface area (Å²) in [6.45, 7) is 8.75. The SMILES string of the molecule is Cc1ccc(Nc2nc(-c3ccc(C(C)(C)C)cc3)nc3ccccc23)cc1. The van der Waals surface area contributed by atoms with Gasteiger partial charge in [0.1, 0.15) is 5.82 Å². The molecule has 0 aliphatic rings. The fourth-order valence-corrected chi connectivity index (χ4v) is 3.19. The summed E-state index contributed by atoms with van der Waals surface area (Å²) >= 11 is 0. The lowest BCUT2D eigenvalue weighted by atomic mass is 9.87. The van der Waals surface area contributed by atoms with E-state index in [1.165, 1.54) is 11.1 Å². The van der Waals surface area contributed by atoms with E-state index in [9.17, 15) is 0 Å². The molecule has 0 saturated heterocycles. The number of nitrogens with one attached hydrogen (secondary N) is 1. The second-order valence-corrected chi connectivity index (χ2v) is 8.23. The van der Waals surface area contributed by atoms with Gasteiger partial charge in [0.15, 0.2) is 5.82 Å². The number of hydrogen-bond acceptors (Lipinski definition) is 3. The lowest BCUT2D eigenvalue weighted by molar-refractivity contribution is 0.590. The van der Waals surface area contributed by atoms with E-state index >= 15 is 0 Å². The molecule has 0 saturated carbocycles.